The maximum absolute atomic E-state index is 4.31. The largest absolute Gasteiger partial charge is 0.312 e. The van der Waals surface area contributed by atoms with Crippen molar-refractivity contribution in [1.29, 1.82) is 0 Å². The average molecular weight is 372 g/mol. The van der Waals surface area contributed by atoms with Crippen LogP contribution >= 0.6 is 0 Å². The molecule has 2 nitrogen and oxygen atoms in total. The number of para-hydroxylation sites is 3. The third kappa shape index (κ3) is 2.11. The first kappa shape index (κ1) is 16.2. The van der Waals surface area contributed by atoms with Crippen LogP contribution in [0.25, 0.3) is 55.0 Å². The summed E-state index contributed by atoms with van der Waals surface area (Å²) in [4.78, 5) is 0. The molecule has 2 heterocycles. The first-order chi connectivity index (χ1) is 14.3. The Kier molecular flexibility index (Phi) is 3.27. The minimum atomic E-state index is 1.02. The zero-order valence-electron chi connectivity index (χ0n) is 16.3. The van der Waals surface area contributed by atoms with Gasteiger partial charge in [0.2, 0.25) is 0 Å². The average Bonchev–Trinajstić information content (AvgIpc) is 3.27. The van der Waals surface area contributed by atoms with Crippen LogP contribution in [0.3, 0.4) is 0 Å². The van der Waals surface area contributed by atoms with Gasteiger partial charge in [-0.2, -0.15) is 0 Å². The highest BCUT2D eigenvalue weighted by atomic mass is 15.0. The minimum absolute atomic E-state index is 1.02. The molecule has 0 aliphatic carbocycles. The van der Waals surface area contributed by atoms with Gasteiger partial charge in [0.05, 0.1) is 22.1 Å². The summed E-state index contributed by atoms with van der Waals surface area (Å²) in [6.45, 7) is 6.40. The molecule has 0 aliphatic heterocycles. The van der Waals surface area contributed by atoms with E-state index < -0.39 is 0 Å². The van der Waals surface area contributed by atoms with Crippen molar-refractivity contribution in [2.45, 2.75) is 6.92 Å². The Morgan fingerprint density at radius 1 is 0.586 bits per heavy atom. The molecule has 0 saturated heterocycles. The van der Waals surface area contributed by atoms with E-state index in [1.165, 1.54) is 49.3 Å². The number of benzene rings is 4. The van der Waals surface area contributed by atoms with Crippen LogP contribution in [0.5, 0.6) is 0 Å². The van der Waals surface area contributed by atoms with Gasteiger partial charge in [0.25, 0.3) is 0 Å². The zero-order valence-corrected chi connectivity index (χ0v) is 16.3. The SMILES string of the molecule is C=C(C)n1c2ccccc2c2ccc3c4ccccc4n(-c4ccccc4)c3c21. The van der Waals surface area contributed by atoms with Gasteiger partial charge < -0.3 is 9.13 Å². The number of fused-ring (bicyclic) bond motifs is 7. The van der Waals surface area contributed by atoms with Crippen LogP contribution in [0, 0.1) is 0 Å². The van der Waals surface area contributed by atoms with Gasteiger partial charge in [0.15, 0.2) is 0 Å². The maximum Gasteiger partial charge on any atom is 0.0788 e. The lowest BCUT2D eigenvalue weighted by Gasteiger charge is -2.11. The molecule has 0 radical (unpaired) electrons. The normalized spacial score (nSPS) is 11.8. The van der Waals surface area contributed by atoms with Gasteiger partial charge in [-0.1, -0.05) is 73.3 Å². The van der Waals surface area contributed by atoms with Gasteiger partial charge in [0, 0.05) is 32.9 Å². The lowest BCUT2D eigenvalue weighted by Crippen LogP contribution is -1.97. The molecule has 2 heteroatoms. The van der Waals surface area contributed by atoms with Crippen molar-refractivity contribution in [2.75, 3.05) is 0 Å². The summed E-state index contributed by atoms with van der Waals surface area (Å²) in [5.41, 5.74) is 7.07. The molecule has 29 heavy (non-hydrogen) atoms. The van der Waals surface area contributed by atoms with Gasteiger partial charge in [-0.25, -0.2) is 0 Å². The fourth-order valence-electron chi connectivity index (χ4n) is 4.74. The molecule has 0 N–H and O–H groups in total. The number of allylic oxidation sites excluding steroid dienone is 1. The molecule has 6 aromatic rings. The molecule has 0 fully saturated rings. The lowest BCUT2D eigenvalue weighted by atomic mass is 10.1. The molecule has 4 aromatic carbocycles. The summed E-state index contributed by atoms with van der Waals surface area (Å²) in [6, 6.07) is 32.4. The number of hydrogen-bond acceptors (Lipinski definition) is 0. The van der Waals surface area contributed by atoms with Crippen molar-refractivity contribution in [2.24, 2.45) is 0 Å². The van der Waals surface area contributed by atoms with E-state index in [9.17, 15) is 0 Å². The van der Waals surface area contributed by atoms with E-state index >= 15 is 0 Å². The summed E-state index contributed by atoms with van der Waals surface area (Å²) >= 11 is 0. The minimum Gasteiger partial charge on any atom is -0.312 e. The summed E-state index contributed by atoms with van der Waals surface area (Å²) in [5.74, 6) is 0. The van der Waals surface area contributed by atoms with Crippen molar-refractivity contribution < 1.29 is 0 Å². The number of rotatable bonds is 2. The van der Waals surface area contributed by atoms with E-state index in [1.54, 1.807) is 0 Å². The summed E-state index contributed by atoms with van der Waals surface area (Å²) in [6.07, 6.45) is 0. The molecular weight excluding hydrogens is 352 g/mol. The monoisotopic (exact) mass is 372 g/mol. The predicted molar refractivity (Wildman–Crippen MR) is 125 cm³/mol. The van der Waals surface area contributed by atoms with Crippen LogP contribution < -0.4 is 0 Å². The molecule has 0 spiro atoms. The quantitative estimate of drug-likeness (QED) is 0.300. The summed E-state index contributed by atoms with van der Waals surface area (Å²) in [7, 11) is 0. The Labute approximate surface area is 168 Å². The molecule has 0 saturated carbocycles. The zero-order chi connectivity index (χ0) is 19.5. The van der Waals surface area contributed by atoms with Crippen LogP contribution in [0.4, 0.5) is 0 Å². The van der Waals surface area contributed by atoms with Gasteiger partial charge in [0.1, 0.15) is 0 Å². The molecule has 0 unspecified atom stereocenters. The van der Waals surface area contributed by atoms with E-state index in [0.29, 0.717) is 0 Å². The molecule has 138 valence electrons. The van der Waals surface area contributed by atoms with Crippen molar-refractivity contribution in [3.05, 3.63) is 97.6 Å². The number of aromatic nitrogens is 2. The van der Waals surface area contributed by atoms with E-state index in [0.717, 1.165) is 5.70 Å². The summed E-state index contributed by atoms with van der Waals surface area (Å²) < 4.78 is 4.70. The number of nitrogens with zero attached hydrogens (tertiary/aromatic N) is 2. The third-order valence-electron chi connectivity index (χ3n) is 5.86. The molecule has 0 atom stereocenters. The maximum atomic E-state index is 4.31. The van der Waals surface area contributed by atoms with E-state index in [1.807, 2.05) is 0 Å². The van der Waals surface area contributed by atoms with Crippen LogP contribution in [0.2, 0.25) is 0 Å². The van der Waals surface area contributed by atoms with Crippen molar-refractivity contribution in [3.63, 3.8) is 0 Å². The fourth-order valence-corrected chi connectivity index (χ4v) is 4.74. The Bertz CT molecular complexity index is 1560. The van der Waals surface area contributed by atoms with Gasteiger partial charge >= 0.3 is 0 Å². The second-order valence-electron chi connectivity index (χ2n) is 7.63. The van der Waals surface area contributed by atoms with Crippen LogP contribution in [-0.4, -0.2) is 9.13 Å². The Balaban J connectivity index is 1.97. The Morgan fingerprint density at radius 2 is 1.14 bits per heavy atom. The topological polar surface area (TPSA) is 9.86 Å². The van der Waals surface area contributed by atoms with Crippen LogP contribution in [0.1, 0.15) is 6.92 Å². The fraction of sp³-hybridized carbons (Fsp3) is 0.0370. The molecule has 0 aliphatic rings. The number of hydrogen-bond donors (Lipinski definition) is 0. The second-order valence-corrected chi connectivity index (χ2v) is 7.63. The third-order valence-corrected chi connectivity index (χ3v) is 5.86. The highest BCUT2D eigenvalue weighted by molar-refractivity contribution is 6.24. The Morgan fingerprint density at radius 3 is 1.83 bits per heavy atom. The van der Waals surface area contributed by atoms with Crippen molar-refractivity contribution >= 4 is 49.3 Å². The Hall–Kier alpha value is -3.78. The highest BCUT2D eigenvalue weighted by Gasteiger charge is 2.19. The first-order valence-electron chi connectivity index (χ1n) is 9.92. The van der Waals surface area contributed by atoms with Gasteiger partial charge in [-0.05, 0) is 31.2 Å². The summed E-state index contributed by atoms with van der Waals surface area (Å²) in [5, 5.41) is 5.06. The standard InChI is InChI=1S/C27H20N2/c1-18(2)28-24-14-8-6-12-20(24)22-16-17-23-21-13-7-9-15-25(21)29(27(23)26(22)28)19-10-4-3-5-11-19/h3-17H,1H2,2H3. The molecule has 0 bridgehead atoms. The van der Waals surface area contributed by atoms with Crippen LogP contribution in [0.15, 0.2) is 97.6 Å². The van der Waals surface area contributed by atoms with E-state index in [-0.39, 0.29) is 0 Å². The van der Waals surface area contributed by atoms with Gasteiger partial charge in [-0.15, -0.1) is 0 Å². The van der Waals surface area contributed by atoms with Crippen LogP contribution in [-0.2, 0) is 0 Å². The molecule has 2 aromatic heterocycles. The smallest absolute Gasteiger partial charge is 0.0788 e. The predicted octanol–water partition coefficient (Wildman–Crippen LogP) is 7.38. The molecular formula is C27H20N2. The molecule has 6 rings (SSSR count). The second kappa shape index (κ2) is 5.86. The van der Waals surface area contributed by atoms with E-state index in [4.69, 9.17) is 0 Å². The van der Waals surface area contributed by atoms with Gasteiger partial charge in [-0.3, -0.25) is 0 Å². The lowest BCUT2D eigenvalue weighted by molar-refractivity contribution is 1.16. The highest BCUT2D eigenvalue weighted by Crippen LogP contribution is 2.41. The first-order valence-corrected chi connectivity index (χ1v) is 9.92. The van der Waals surface area contributed by atoms with E-state index in [2.05, 4.69) is 114 Å². The van der Waals surface area contributed by atoms with Crippen molar-refractivity contribution in [3.8, 4) is 5.69 Å². The molecule has 0 amide bonds. The van der Waals surface area contributed by atoms with Crippen molar-refractivity contribution in [1.82, 2.24) is 9.13 Å².